The number of carbonyl (C=O) groups is 4. The Morgan fingerprint density at radius 3 is 2.49 bits per heavy atom. The second-order valence-electron chi connectivity index (χ2n) is 13.1. The van der Waals surface area contributed by atoms with Crippen molar-refractivity contribution < 1.29 is 37.1 Å². The molecule has 2 saturated carbocycles. The Bertz CT molecular complexity index is 1210. The molecule has 2 aliphatic carbocycles. The van der Waals surface area contributed by atoms with Crippen molar-refractivity contribution in [2.45, 2.75) is 127 Å². The van der Waals surface area contributed by atoms with Crippen LogP contribution in [0.2, 0.25) is 0 Å². The summed E-state index contributed by atoms with van der Waals surface area (Å²) in [6, 6.07) is -2.01. The third kappa shape index (κ3) is 6.87. The lowest BCUT2D eigenvalue weighted by Crippen LogP contribution is -2.60. The third-order valence-electron chi connectivity index (χ3n) is 8.40. The fourth-order valence-electron chi connectivity index (χ4n) is 5.47. The molecule has 6 atom stereocenters. The first-order chi connectivity index (χ1) is 19.0. The number of rotatable bonds is 4. The van der Waals surface area contributed by atoms with Crippen molar-refractivity contribution in [3.63, 3.8) is 0 Å². The lowest BCUT2D eigenvalue weighted by atomic mass is 10.1. The van der Waals surface area contributed by atoms with E-state index in [1.165, 1.54) is 4.90 Å². The Labute approximate surface area is 242 Å². The van der Waals surface area contributed by atoms with E-state index in [9.17, 15) is 27.6 Å². The second kappa shape index (κ2) is 11.2. The number of nitrogens with zero attached hydrogens (tertiary/aromatic N) is 1. The van der Waals surface area contributed by atoms with Gasteiger partial charge in [-0.2, -0.15) is 0 Å². The maximum Gasteiger partial charge on any atom is 0.408 e. The minimum absolute atomic E-state index is 0.250. The number of ether oxygens (including phenoxy) is 2. The van der Waals surface area contributed by atoms with E-state index >= 15 is 0 Å². The number of allylic oxidation sites excluding steroid dienone is 1. The van der Waals surface area contributed by atoms with Crippen molar-refractivity contribution in [2.24, 2.45) is 5.92 Å². The number of carbonyl (C=O) groups excluding carboxylic acids is 4. The van der Waals surface area contributed by atoms with Gasteiger partial charge < -0.3 is 25.0 Å². The third-order valence-corrected chi connectivity index (χ3v) is 10.6. The molecule has 41 heavy (non-hydrogen) atoms. The van der Waals surface area contributed by atoms with Crippen LogP contribution >= 0.6 is 0 Å². The molecule has 13 heteroatoms. The van der Waals surface area contributed by atoms with E-state index < -0.39 is 67.9 Å². The molecule has 2 aliphatic heterocycles. The van der Waals surface area contributed by atoms with Gasteiger partial charge in [0.15, 0.2) is 0 Å². The molecule has 3 N–H and O–H groups in total. The molecule has 230 valence electrons. The summed E-state index contributed by atoms with van der Waals surface area (Å²) in [5.74, 6) is -2.18. The second-order valence-corrected chi connectivity index (χ2v) is 15.3. The number of fused-ring (bicyclic) bond motifs is 2. The van der Waals surface area contributed by atoms with Gasteiger partial charge in [-0.3, -0.25) is 19.1 Å². The van der Waals surface area contributed by atoms with Crippen LogP contribution < -0.4 is 15.4 Å². The molecule has 3 fully saturated rings. The molecule has 4 rings (SSSR count). The maximum absolute atomic E-state index is 13.9. The zero-order valence-electron chi connectivity index (χ0n) is 24.8. The Morgan fingerprint density at radius 2 is 1.85 bits per heavy atom. The first-order valence-electron chi connectivity index (χ1n) is 14.5. The fourth-order valence-corrected chi connectivity index (χ4v) is 6.78. The molecule has 2 heterocycles. The predicted molar refractivity (Wildman–Crippen MR) is 150 cm³/mol. The highest BCUT2D eigenvalue weighted by molar-refractivity contribution is 7.91. The predicted octanol–water partition coefficient (Wildman–Crippen LogP) is 1.89. The molecule has 0 bridgehead atoms. The van der Waals surface area contributed by atoms with Gasteiger partial charge in [0, 0.05) is 12.5 Å². The van der Waals surface area contributed by atoms with Gasteiger partial charge in [-0.25, -0.2) is 13.2 Å². The number of hydrogen-bond acceptors (Lipinski definition) is 8. The molecular weight excluding hydrogens is 552 g/mol. The molecule has 0 spiro atoms. The van der Waals surface area contributed by atoms with Gasteiger partial charge in [0.1, 0.15) is 23.2 Å². The minimum Gasteiger partial charge on any atom is -0.444 e. The van der Waals surface area contributed by atoms with Crippen LogP contribution in [0.5, 0.6) is 0 Å². The van der Waals surface area contributed by atoms with Crippen LogP contribution in [0.15, 0.2) is 12.2 Å². The highest BCUT2D eigenvalue weighted by Gasteiger charge is 2.63. The number of hydrogen-bond donors (Lipinski definition) is 3. The lowest BCUT2D eigenvalue weighted by molar-refractivity contribution is -0.144. The quantitative estimate of drug-likeness (QED) is 0.415. The average molecular weight is 597 g/mol. The Kier molecular flexibility index (Phi) is 8.54. The maximum atomic E-state index is 13.9. The van der Waals surface area contributed by atoms with Gasteiger partial charge in [0.2, 0.25) is 21.8 Å². The Hall–Kier alpha value is -2.67. The first-order valence-corrected chi connectivity index (χ1v) is 16.0. The van der Waals surface area contributed by atoms with Crippen LogP contribution in [0.4, 0.5) is 4.79 Å². The van der Waals surface area contributed by atoms with Gasteiger partial charge in [0.25, 0.3) is 5.91 Å². The van der Waals surface area contributed by atoms with Crippen molar-refractivity contribution in [3.8, 4) is 0 Å². The monoisotopic (exact) mass is 596 g/mol. The topological polar surface area (TPSA) is 160 Å². The van der Waals surface area contributed by atoms with Gasteiger partial charge >= 0.3 is 6.09 Å². The van der Waals surface area contributed by atoms with Gasteiger partial charge in [-0.15, -0.1) is 0 Å². The van der Waals surface area contributed by atoms with Gasteiger partial charge in [-0.05, 0) is 86.5 Å². The summed E-state index contributed by atoms with van der Waals surface area (Å²) in [6.45, 7) is 10.6. The Morgan fingerprint density at radius 1 is 1.17 bits per heavy atom. The molecule has 0 radical (unpaired) electrons. The van der Waals surface area contributed by atoms with E-state index in [0.717, 1.165) is 0 Å². The zero-order valence-corrected chi connectivity index (χ0v) is 25.6. The van der Waals surface area contributed by atoms with Crippen molar-refractivity contribution in [3.05, 3.63) is 12.2 Å². The van der Waals surface area contributed by atoms with Gasteiger partial charge in [0.05, 0.1) is 17.0 Å². The van der Waals surface area contributed by atoms with E-state index in [0.29, 0.717) is 38.5 Å². The summed E-state index contributed by atoms with van der Waals surface area (Å²) in [5.41, 5.74) is -2.21. The molecule has 1 unspecified atom stereocenters. The van der Waals surface area contributed by atoms with E-state index in [-0.39, 0.29) is 25.0 Å². The Balaban J connectivity index is 1.60. The highest BCUT2D eigenvalue weighted by atomic mass is 32.2. The number of sulfonamides is 1. The first kappa shape index (κ1) is 31.3. The lowest BCUT2D eigenvalue weighted by Gasteiger charge is -2.33. The van der Waals surface area contributed by atoms with Crippen LogP contribution in [-0.4, -0.2) is 83.9 Å². The molecule has 0 aromatic rings. The standard InChI is InChI=1S/C28H44N4O8S/c1-17-10-7-8-11-19-16-28(19,24(35)31-41(37,38)27(6)13-14-27)30-22(33)20-12-9-15-32(20)23(34)21(18(2)39-17)29-25(36)40-26(3,4)5/h8,11,17-21H,7,9-10,12-16H2,1-6H3,(H,29,36)(H,30,33)(H,31,35)/b11-8-/t17-,18+,19+,20+,21?,28-/m1/s1. The largest absolute Gasteiger partial charge is 0.444 e. The van der Waals surface area contributed by atoms with Crippen LogP contribution in [-0.2, 0) is 33.9 Å². The average Bonchev–Trinajstić information content (AvgIpc) is 3.71. The summed E-state index contributed by atoms with van der Waals surface area (Å²) in [5, 5.41) is 5.48. The molecule has 1 saturated heterocycles. The van der Waals surface area contributed by atoms with Crippen molar-refractivity contribution >= 4 is 33.8 Å². The molecule has 4 amide bonds. The van der Waals surface area contributed by atoms with Crippen LogP contribution in [0, 0.1) is 5.92 Å². The van der Waals surface area contributed by atoms with Crippen LogP contribution in [0.25, 0.3) is 0 Å². The number of amides is 4. The fraction of sp³-hybridized carbons (Fsp3) is 0.786. The van der Waals surface area contributed by atoms with E-state index in [1.54, 1.807) is 34.6 Å². The van der Waals surface area contributed by atoms with Crippen molar-refractivity contribution in [2.75, 3.05) is 6.54 Å². The van der Waals surface area contributed by atoms with Crippen LogP contribution in [0.1, 0.15) is 86.5 Å². The molecule has 0 aromatic heterocycles. The van der Waals surface area contributed by atoms with Crippen molar-refractivity contribution in [1.82, 2.24) is 20.3 Å². The summed E-state index contributed by atoms with van der Waals surface area (Å²) in [7, 11) is -3.91. The van der Waals surface area contributed by atoms with Gasteiger partial charge in [-0.1, -0.05) is 12.2 Å². The summed E-state index contributed by atoms with van der Waals surface area (Å²) in [4.78, 5) is 55.0. The van der Waals surface area contributed by atoms with E-state index in [4.69, 9.17) is 9.47 Å². The molecular formula is C28H44N4O8S. The number of alkyl carbamates (subject to hydrolysis) is 1. The molecule has 0 aromatic carbocycles. The minimum atomic E-state index is -3.91. The summed E-state index contributed by atoms with van der Waals surface area (Å²) >= 11 is 0. The molecule has 4 aliphatic rings. The number of nitrogens with one attached hydrogen (secondary N) is 3. The van der Waals surface area contributed by atoms with E-state index in [2.05, 4.69) is 15.4 Å². The smallest absolute Gasteiger partial charge is 0.408 e. The van der Waals surface area contributed by atoms with E-state index in [1.807, 2.05) is 19.1 Å². The van der Waals surface area contributed by atoms with Crippen LogP contribution in [0.3, 0.4) is 0 Å². The molecule has 12 nitrogen and oxygen atoms in total. The highest BCUT2D eigenvalue weighted by Crippen LogP contribution is 2.47. The normalized spacial score (nSPS) is 34.6. The SMILES string of the molecule is C[C@@H]1CC/C=C\[C@H]2C[C@@]2(C(=O)NS(=O)(=O)C2(C)CC2)NC(=O)[C@@H]2CCCN2C(=O)C(NC(=O)OC(C)(C)C)[C@H](C)O1. The zero-order chi connectivity index (χ0) is 30.4. The van der Waals surface area contributed by atoms with Crippen molar-refractivity contribution in [1.29, 1.82) is 0 Å². The summed E-state index contributed by atoms with van der Waals surface area (Å²) < 4.78 is 38.4. The summed E-state index contributed by atoms with van der Waals surface area (Å²) in [6.07, 6.45) is 5.27.